The van der Waals surface area contributed by atoms with Crippen LogP contribution in [0.1, 0.15) is 56.9 Å². The summed E-state index contributed by atoms with van der Waals surface area (Å²) in [7, 11) is 0. The second-order valence-electron chi connectivity index (χ2n) is 7.80. The number of pyridine rings is 1. The molecule has 26 heavy (non-hydrogen) atoms. The van der Waals surface area contributed by atoms with Crippen molar-refractivity contribution in [2.75, 3.05) is 0 Å². The van der Waals surface area contributed by atoms with Crippen LogP contribution in [0.5, 0.6) is 0 Å². The number of benzene rings is 1. The quantitative estimate of drug-likeness (QED) is 0.655. The Morgan fingerprint density at radius 3 is 2.50 bits per heavy atom. The van der Waals surface area contributed by atoms with Crippen molar-refractivity contribution in [2.24, 2.45) is 5.92 Å². The van der Waals surface area contributed by atoms with Gasteiger partial charge >= 0.3 is 0 Å². The number of rotatable bonds is 5. The van der Waals surface area contributed by atoms with E-state index in [2.05, 4.69) is 23.8 Å². The Hall–Kier alpha value is -2.27. The first-order chi connectivity index (χ1) is 12.1. The fraction of sp³-hybridized carbons (Fsp3) is 0.381. The van der Waals surface area contributed by atoms with Gasteiger partial charge in [0.15, 0.2) is 0 Å². The molecule has 3 aromatic rings. The van der Waals surface area contributed by atoms with E-state index >= 15 is 0 Å². The molecular weight excluding hydrogens is 334 g/mol. The van der Waals surface area contributed by atoms with E-state index in [4.69, 9.17) is 0 Å². The van der Waals surface area contributed by atoms with Gasteiger partial charge in [-0.15, -0.1) is 0 Å². The Bertz CT molecular complexity index is 925. The van der Waals surface area contributed by atoms with Gasteiger partial charge in [0.1, 0.15) is 17.3 Å². The van der Waals surface area contributed by atoms with Crippen LogP contribution in [0, 0.1) is 17.6 Å². The van der Waals surface area contributed by atoms with Crippen molar-refractivity contribution >= 4 is 11.0 Å². The minimum Gasteiger partial charge on any atom is -0.386 e. The van der Waals surface area contributed by atoms with Gasteiger partial charge in [-0.3, -0.25) is 0 Å². The molecule has 0 bridgehead atoms. The van der Waals surface area contributed by atoms with Crippen molar-refractivity contribution in [3.05, 3.63) is 65.0 Å². The van der Waals surface area contributed by atoms with Gasteiger partial charge in [0.25, 0.3) is 0 Å². The van der Waals surface area contributed by atoms with E-state index in [9.17, 15) is 13.9 Å². The lowest BCUT2D eigenvalue weighted by atomic mass is 9.86. The molecule has 2 N–H and O–H groups in total. The minimum atomic E-state index is -1.24. The smallest absolute Gasteiger partial charge is 0.142 e. The largest absolute Gasteiger partial charge is 0.386 e. The van der Waals surface area contributed by atoms with Crippen LogP contribution in [-0.2, 0) is 5.60 Å². The highest BCUT2D eigenvalue weighted by Crippen LogP contribution is 2.34. The Morgan fingerprint density at radius 2 is 1.88 bits per heavy atom. The molecule has 5 heteroatoms. The molecule has 1 atom stereocenters. The fourth-order valence-corrected chi connectivity index (χ4v) is 3.36. The molecule has 2 heterocycles. The number of fused-ring (bicyclic) bond motifs is 1. The topological polar surface area (TPSA) is 48.9 Å². The third-order valence-electron chi connectivity index (χ3n) is 4.59. The molecule has 3 nitrogen and oxygen atoms in total. The van der Waals surface area contributed by atoms with Crippen molar-refractivity contribution in [3.8, 4) is 0 Å². The molecule has 0 saturated heterocycles. The first-order valence-corrected chi connectivity index (χ1v) is 8.81. The molecule has 138 valence electrons. The molecule has 3 rings (SSSR count). The van der Waals surface area contributed by atoms with Crippen molar-refractivity contribution < 1.29 is 13.9 Å². The van der Waals surface area contributed by atoms with E-state index in [1.807, 2.05) is 12.1 Å². The predicted octanol–water partition coefficient (Wildman–Crippen LogP) is 5.25. The molecular formula is C21H24F2N2O. The summed E-state index contributed by atoms with van der Waals surface area (Å²) in [5, 5.41) is 10.8. The van der Waals surface area contributed by atoms with Crippen LogP contribution in [-0.4, -0.2) is 15.1 Å². The first kappa shape index (κ1) is 18.5. The van der Waals surface area contributed by atoms with Crippen LogP contribution < -0.4 is 0 Å². The lowest BCUT2D eigenvalue weighted by Gasteiger charge is -2.22. The van der Waals surface area contributed by atoms with Gasteiger partial charge in [-0.2, -0.15) is 0 Å². The molecule has 0 saturated carbocycles. The molecule has 1 aromatic carbocycles. The molecule has 1 unspecified atom stereocenters. The number of halogens is 2. The van der Waals surface area contributed by atoms with Gasteiger partial charge in [0.05, 0.1) is 11.8 Å². The average molecular weight is 358 g/mol. The van der Waals surface area contributed by atoms with E-state index in [0.717, 1.165) is 17.7 Å². The Labute approximate surface area is 152 Å². The lowest BCUT2D eigenvalue weighted by Crippen LogP contribution is -2.18. The van der Waals surface area contributed by atoms with Gasteiger partial charge in [0.2, 0.25) is 0 Å². The van der Waals surface area contributed by atoms with Gasteiger partial charge < -0.3 is 10.1 Å². The molecule has 0 aliphatic heterocycles. The maximum atomic E-state index is 14.6. The normalized spacial score (nSPS) is 13.5. The van der Waals surface area contributed by atoms with Gasteiger partial charge in [-0.1, -0.05) is 26.0 Å². The Morgan fingerprint density at radius 1 is 1.15 bits per heavy atom. The number of aliphatic hydroxyl groups is 1. The van der Waals surface area contributed by atoms with Crippen molar-refractivity contribution in [2.45, 2.75) is 45.6 Å². The molecule has 0 spiro atoms. The number of nitrogens with one attached hydrogen (secondary N) is 1. The van der Waals surface area contributed by atoms with Crippen LogP contribution in [0.25, 0.3) is 11.0 Å². The summed E-state index contributed by atoms with van der Waals surface area (Å²) >= 11 is 0. The number of aromatic nitrogens is 2. The summed E-state index contributed by atoms with van der Waals surface area (Å²) in [5.41, 5.74) is 1.34. The Balaban J connectivity index is 2.06. The van der Waals surface area contributed by atoms with Crippen LogP contribution in [0.4, 0.5) is 8.78 Å². The third-order valence-corrected chi connectivity index (χ3v) is 4.59. The minimum absolute atomic E-state index is 0.0717. The summed E-state index contributed by atoms with van der Waals surface area (Å²) in [5.74, 6) is -0.501. The number of aromatic amines is 1. The maximum Gasteiger partial charge on any atom is 0.142 e. The van der Waals surface area contributed by atoms with Crippen LogP contribution in [0.2, 0.25) is 0 Å². The SMILES string of the molecule is CC(C)CC(c1ccc(C(C)(C)O)c(F)c1)c1cc2cc(F)cnc2[nH]1. The zero-order valence-electron chi connectivity index (χ0n) is 15.5. The van der Waals surface area contributed by atoms with Crippen molar-refractivity contribution in [3.63, 3.8) is 0 Å². The summed E-state index contributed by atoms with van der Waals surface area (Å²) in [6.45, 7) is 7.34. The highest BCUT2D eigenvalue weighted by molar-refractivity contribution is 5.76. The first-order valence-electron chi connectivity index (χ1n) is 8.81. The van der Waals surface area contributed by atoms with E-state index in [1.54, 1.807) is 19.9 Å². The third kappa shape index (κ3) is 3.78. The molecule has 0 fully saturated rings. The maximum absolute atomic E-state index is 14.6. The number of hydrogen-bond acceptors (Lipinski definition) is 2. The molecule has 0 radical (unpaired) electrons. The Kier molecular flexibility index (Phi) is 4.84. The van der Waals surface area contributed by atoms with Gasteiger partial charge in [0, 0.05) is 22.6 Å². The zero-order chi connectivity index (χ0) is 19.1. The van der Waals surface area contributed by atoms with E-state index in [-0.39, 0.29) is 17.3 Å². The van der Waals surface area contributed by atoms with Crippen LogP contribution in [0.15, 0.2) is 36.5 Å². The standard InChI is InChI=1S/C21H24F2N2O/c1-12(2)7-16(13-5-6-17(18(23)9-13)21(3,4)26)19-10-14-8-15(22)11-24-20(14)25-19/h5-6,8-12,16,26H,7H2,1-4H3,(H,24,25). The van der Waals surface area contributed by atoms with Gasteiger partial charge in [-0.25, -0.2) is 13.8 Å². The highest BCUT2D eigenvalue weighted by atomic mass is 19.1. The van der Waals surface area contributed by atoms with E-state index in [0.29, 0.717) is 17.0 Å². The summed E-state index contributed by atoms with van der Waals surface area (Å²) in [6.07, 6.45) is 1.98. The average Bonchev–Trinajstić information content (AvgIpc) is 2.93. The van der Waals surface area contributed by atoms with Crippen molar-refractivity contribution in [1.29, 1.82) is 0 Å². The van der Waals surface area contributed by atoms with Crippen LogP contribution >= 0.6 is 0 Å². The summed E-state index contributed by atoms with van der Waals surface area (Å²) < 4.78 is 28.0. The molecule has 0 amide bonds. The fourth-order valence-electron chi connectivity index (χ4n) is 3.36. The van der Waals surface area contributed by atoms with Crippen molar-refractivity contribution in [1.82, 2.24) is 9.97 Å². The van der Waals surface area contributed by atoms with Gasteiger partial charge in [-0.05, 0) is 49.9 Å². The van der Waals surface area contributed by atoms with E-state index in [1.165, 1.54) is 18.3 Å². The molecule has 0 aliphatic carbocycles. The monoisotopic (exact) mass is 358 g/mol. The summed E-state index contributed by atoms with van der Waals surface area (Å²) in [4.78, 5) is 7.32. The highest BCUT2D eigenvalue weighted by Gasteiger charge is 2.24. The predicted molar refractivity (Wildman–Crippen MR) is 99.0 cm³/mol. The number of hydrogen-bond donors (Lipinski definition) is 2. The summed E-state index contributed by atoms with van der Waals surface area (Å²) in [6, 6.07) is 8.29. The second-order valence-corrected chi connectivity index (χ2v) is 7.80. The zero-order valence-corrected chi connectivity index (χ0v) is 15.5. The van der Waals surface area contributed by atoms with E-state index < -0.39 is 11.4 Å². The number of nitrogens with zero attached hydrogens (tertiary/aromatic N) is 1. The number of H-pyrrole nitrogens is 1. The van der Waals surface area contributed by atoms with Crippen LogP contribution in [0.3, 0.4) is 0 Å². The second kappa shape index (κ2) is 6.80. The lowest BCUT2D eigenvalue weighted by molar-refractivity contribution is 0.0745. The molecule has 0 aliphatic rings. The molecule has 2 aromatic heterocycles.